The average Bonchev–Trinajstić information content (AvgIpc) is 2.34. The Hall–Kier alpha value is -2.22. The largest absolute Gasteiger partial charge is 0.480 e. The molecule has 8 nitrogen and oxygen atoms in total. The Balaban J connectivity index is 3.10. The number of nitrogens with one attached hydrogen (secondary N) is 1. The van der Waals surface area contributed by atoms with E-state index >= 15 is 0 Å². The van der Waals surface area contributed by atoms with Gasteiger partial charge in [-0.3, -0.25) is 14.9 Å². The van der Waals surface area contributed by atoms with Crippen LogP contribution in [0.1, 0.15) is 23.7 Å². The fourth-order valence-electron chi connectivity index (χ4n) is 1.36. The maximum atomic E-state index is 11.8. The maximum Gasteiger partial charge on any atom is 0.326 e. The van der Waals surface area contributed by atoms with Crippen LogP contribution in [0.5, 0.6) is 0 Å². The highest BCUT2D eigenvalue weighted by Crippen LogP contribution is 2.25. The van der Waals surface area contributed by atoms with E-state index in [9.17, 15) is 19.7 Å². The number of amides is 1. The summed E-state index contributed by atoms with van der Waals surface area (Å²) in [7, 11) is 0. The second-order valence-corrected chi connectivity index (χ2v) is 3.89. The van der Waals surface area contributed by atoms with Crippen LogP contribution in [0, 0.1) is 10.1 Å². The average molecular weight is 288 g/mol. The molecule has 0 aliphatic carbocycles. The molecule has 9 heteroatoms. The Bertz CT molecular complexity index is 534. The van der Waals surface area contributed by atoms with Crippen LogP contribution in [-0.2, 0) is 4.79 Å². The molecule has 1 atom stereocenters. The van der Waals surface area contributed by atoms with Crippen LogP contribution in [0.3, 0.4) is 0 Å². The lowest BCUT2D eigenvalue weighted by Gasteiger charge is -2.12. The van der Waals surface area contributed by atoms with Gasteiger partial charge in [-0.25, -0.2) is 9.78 Å². The SMILES string of the molecule is CC[C@@H](NC(=O)c1ccnc(Cl)c1[N+](=O)[O-])C(=O)O. The summed E-state index contributed by atoms with van der Waals surface area (Å²) in [5.41, 5.74) is -0.980. The Morgan fingerprint density at radius 1 is 1.63 bits per heavy atom. The van der Waals surface area contributed by atoms with Crippen molar-refractivity contribution in [2.24, 2.45) is 0 Å². The van der Waals surface area contributed by atoms with Gasteiger partial charge in [0.25, 0.3) is 5.91 Å². The predicted octanol–water partition coefficient (Wildman–Crippen LogP) is 1.24. The van der Waals surface area contributed by atoms with Gasteiger partial charge in [0.2, 0.25) is 5.15 Å². The number of rotatable bonds is 5. The molecule has 2 N–H and O–H groups in total. The molecule has 19 heavy (non-hydrogen) atoms. The van der Waals surface area contributed by atoms with Crippen molar-refractivity contribution in [3.05, 3.63) is 33.1 Å². The Labute approximate surface area is 112 Å². The van der Waals surface area contributed by atoms with Gasteiger partial charge in [0.15, 0.2) is 0 Å². The van der Waals surface area contributed by atoms with Crippen LogP contribution in [0.2, 0.25) is 5.15 Å². The molecule has 0 saturated heterocycles. The number of carbonyl (C=O) groups is 2. The molecule has 1 rings (SSSR count). The summed E-state index contributed by atoms with van der Waals surface area (Å²) in [6.07, 6.45) is 1.28. The van der Waals surface area contributed by atoms with Crippen LogP contribution in [-0.4, -0.2) is 32.9 Å². The van der Waals surface area contributed by atoms with E-state index in [-0.39, 0.29) is 12.0 Å². The molecule has 1 aromatic heterocycles. The molecule has 0 spiro atoms. The smallest absolute Gasteiger partial charge is 0.326 e. The fraction of sp³-hybridized carbons (Fsp3) is 0.300. The molecule has 0 fully saturated rings. The van der Waals surface area contributed by atoms with E-state index in [4.69, 9.17) is 16.7 Å². The standard InChI is InChI=1S/C10H10ClN3O5/c1-2-6(10(16)17)13-9(15)5-3-4-12-8(11)7(5)14(18)19/h3-4,6H,2H2,1H3,(H,13,15)(H,16,17)/t6-/m1/s1. The van der Waals surface area contributed by atoms with Gasteiger partial charge < -0.3 is 10.4 Å². The summed E-state index contributed by atoms with van der Waals surface area (Å²) >= 11 is 5.55. The molecule has 0 saturated carbocycles. The highest BCUT2D eigenvalue weighted by Gasteiger charge is 2.27. The molecule has 0 bridgehead atoms. The van der Waals surface area contributed by atoms with Gasteiger partial charge in [0.1, 0.15) is 11.6 Å². The summed E-state index contributed by atoms with van der Waals surface area (Å²) < 4.78 is 0. The summed E-state index contributed by atoms with van der Waals surface area (Å²) in [4.78, 5) is 36.1. The van der Waals surface area contributed by atoms with Gasteiger partial charge in [0.05, 0.1) is 4.92 Å². The summed E-state index contributed by atoms with van der Waals surface area (Å²) in [5, 5.41) is 21.4. The van der Waals surface area contributed by atoms with E-state index in [0.717, 1.165) is 12.3 Å². The van der Waals surface area contributed by atoms with E-state index < -0.39 is 33.7 Å². The number of nitrogens with zero attached hydrogens (tertiary/aromatic N) is 2. The molecule has 0 aliphatic heterocycles. The molecule has 1 aromatic rings. The second-order valence-electron chi connectivity index (χ2n) is 3.53. The summed E-state index contributed by atoms with van der Waals surface area (Å²) in [5.74, 6) is -2.11. The lowest BCUT2D eigenvalue weighted by molar-refractivity contribution is -0.385. The van der Waals surface area contributed by atoms with E-state index in [2.05, 4.69) is 10.3 Å². The third kappa shape index (κ3) is 3.38. The minimum Gasteiger partial charge on any atom is -0.480 e. The van der Waals surface area contributed by atoms with Gasteiger partial charge >= 0.3 is 11.7 Å². The zero-order valence-electron chi connectivity index (χ0n) is 9.79. The first-order valence-corrected chi connectivity index (χ1v) is 5.58. The zero-order valence-corrected chi connectivity index (χ0v) is 10.5. The fourth-order valence-corrected chi connectivity index (χ4v) is 1.59. The number of hydrogen-bond donors (Lipinski definition) is 2. The lowest BCUT2D eigenvalue weighted by atomic mass is 10.1. The van der Waals surface area contributed by atoms with Crippen LogP contribution in [0.4, 0.5) is 5.69 Å². The minimum absolute atomic E-state index is 0.147. The molecule has 0 unspecified atom stereocenters. The van der Waals surface area contributed by atoms with E-state index in [1.54, 1.807) is 6.92 Å². The molecule has 102 valence electrons. The van der Waals surface area contributed by atoms with Crippen LogP contribution < -0.4 is 5.32 Å². The molecule has 0 radical (unpaired) electrons. The minimum atomic E-state index is -1.22. The van der Waals surface area contributed by atoms with Crippen LogP contribution >= 0.6 is 11.6 Å². The monoisotopic (exact) mass is 287 g/mol. The normalized spacial score (nSPS) is 11.7. The number of halogens is 1. The molecule has 0 aromatic carbocycles. The van der Waals surface area contributed by atoms with E-state index in [1.807, 2.05) is 0 Å². The number of carboxylic acid groups (broad SMARTS) is 1. The van der Waals surface area contributed by atoms with Crippen LogP contribution in [0.25, 0.3) is 0 Å². The van der Waals surface area contributed by atoms with Crippen LogP contribution in [0.15, 0.2) is 12.3 Å². The maximum absolute atomic E-state index is 11.8. The van der Waals surface area contributed by atoms with Gasteiger partial charge in [-0.05, 0) is 12.5 Å². The summed E-state index contributed by atoms with van der Waals surface area (Å²) in [6.45, 7) is 1.56. The zero-order chi connectivity index (χ0) is 14.6. The first-order valence-electron chi connectivity index (χ1n) is 5.21. The van der Waals surface area contributed by atoms with Gasteiger partial charge in [-0.1, -0.05) is 18.5 Å². The van der Waals surface area contributed by atoms with E-state index in [0.29, 0.717) is 0 Å². The van der Waals surface area contributed by atoms with Crippen molar-refractivity contribution in [1.29, 1.82) is 0 Å². The number of aliphatic carboxylic acids is 1. The topological polar surface area (TPSA) is 122 Å². The van der Waals surface area contributed by atoms with Gasteiger partial charge in [-0.15, -0.1) is 0 Å². The number of carbonyl (C=O) groups excluding carboxylic acids is 1. The van der Waals surface area contributed by atoms with Crippen molar-refractivity contribution >= 4 is 29.2 Å². The van der Waals surface area contributed by atoms with E-state index in [1.165, 1.54) is 0 Å². The molecule has 1 heterocycles. The molecule has 0 aliphatic rings. The highest BCUT2D eigenvalue weighted by molar-refractivity contribution is 6.32. The number of pyridine rings is 1. The Morgan fingerprint density at radius 3 is 2.74 bits per heavy atom. The number of hydrogen-bond acceptors (Lipinski definition) is 5. The van der Waals surface area contributed by atoms with Gasteiger partial charge in [0, 0.05) is 6.20 Å². The van der Waals surface area contributed by atoms with Crippen molar-refractivity contribution < 1.29 is 19.6 Å². The highest BCUT2D eigenvalue weighted by atomic mass is 35.5. The third-order valence-electron chi connectivity index (χ3n) is 2.32. The first kappa shape index (κ1) is 14.8. The summed E-state index contributed by atoms with van der Waals surface area (Å²) in [6, 6.07) is -0.0208. The van der Waals surface area contributed by atoms with Crippen molar-refractivity contribution in [3.63, 3.8) is 0 Å². The van der Waals surface area contributed by atoms with Crippen molar-refractivity contribution in [1.82, 2.24) is 10.3 Å². The number of aromatic nitrogens is 1. The predicted molar refractivity (Wildman–Crippen MR) is 65.1 cm³/mol. The van der Waals surface area contributed by atoms with Crippen molar-refractivity contribution in [2.45, 2.75) is 19.4 Å². The third-order valence-corrected chi connectivity index (χ3v) is 2.60. The lowest BCUT2D eigenvalue weighted by Crippen LogP contribution is -2.40. The quantitative estimate of drug-likeness (QED) is 0.477. The van der Waals surface area contributed by atoms with Crippen molar-refractivity contribution in [3.8, 4) is 0 Å². The van der Waals surface area contributed by atoms with Crippen molar-refractivity contribution in [2.75, 3.05) is 0 Å². The number of carboxylic acids is 1. The molecule has 1 amide bonds. The van der Waals surface area contributed by atoms with Gasteiger partial charge in [-0.2, -0.15) is 0 Å². The molecular weight excluding hydrogens is 278 g/mol. The first-order chi connectivity index (χ1) is 8.88. The number of nitro groups is 1. The Morgan fingerprint density at radius 2 is 2.26 bits per heavy atom. The Kier molecular flexibility index (Phi) is 4.76. The second kappa shape index (κ2) is 6.10. The molecular formula is C10H10ClN3O5.